The number of alkyl halides is 1. The van der Waals surface area contributed by atoms with E-state index in [0.29, 0.717) is 0 Å². The van der Waals surface area contributed by atoms with Crippen LogP contribution >= 0.6 is 27.5 Å². The van der Waals surface area contributed by atoms with Gasteiger partial charge in [-0.25, -0.2) is 0 Å². The summed E-state index contributed by atoms with van der Waals surface area (Å²) in [4.78, 5) is 0. The summed E-state index contributed by atoms with van der Waals surface area (Å²) in [5.41, 5.74) is 0. The maximum atomic E-state index is 5.73. The predicted octanol–water partition coefficient (Wildman–Crippen LogP) is 3.34. The van der Waals surface area contributed by atoms with E-state index < -0.39 is 0 Å². The molecule has 1 unspecified atom stereocenters. The summed E-state index contributed by atoms with van der Waals surface area (Å²) < 4.78 is 5.98. The number of rotatable bonds is 1. The monoisotopic (exact) mass is 208 g/mol. The van der Waals surface area contributed by atoms with Gasteiger partial charge in [-0.05, 0) is 28.9 Å². The van der Waals surface area contributed by atoms with Crippen molar-refractivity contribution < 1.29 is 4.42 Å². The summed E-state index contributed by atoms with van der Waals surface area (Å²) in [5.74, 6) is 0.789. The van der Waals surface area contributed by atoms with E-state index in [4.69, 9.17) is 16.0 Å². The molecule has 50 valence electrons. The molecule has 9 heavy (non-hydrogen) atoms. The highest BCUT2D eigenvalue weighted by atomic mass is 79.9. The highest BCUT2D eigenvalue weighted by molar-refractivity contribution is 9.10. The largest absolute Gasteiger partial charge is 0.467 e. The Morgan fingerprint density at radius 2 is 2.44 bits per heavy atom. The predicted molar refractivity (Wildman–Crippen MR) is 40.7 cm³/mol. The zero-order valence-electron chi connectivity index (χ0n) is 4.90. The van der Waals surface area contributed by atoms with Crippen molar-refractivity contribution in [2.75, 3.05) is 0 Å². The van der Waals surface area contributed by atoms with Crippen LogP contribution < -0.4 is 0 Å². The first-order valence-corrected chi connectivity index (χ1v) is 3.81. The molecule has 1 aromatic heterocycles. The first-order valence-electron chi connectivity index (χ1n) is 2.59. The average Bonchev–Trinajstić information content (AvgIpc) is 2.13. The first-order chi connectivity index (χ1) is 4.22. The lowest BCUT2D eigenvalue weighted by Crippen LogP contribution is -1.78. The Labute approximate surface area is 67.1 Å². The van der Waals surface area contributed by atoms with E-state index in [9.17, 15) is 0 Å². The Hall–Kier alpha value is 0.0500. The minimum absolute atomic E-state index is 0.0608. The van der Waals surface area contributed by atoms with Crippen molar-refractivity contribution >= 4 is 27.5 Å². The van der Waals surface area contributed by atoms with E-state index in [2.05, 4.69) is 15.9 Å². The molecule has 3 heteroatoms. The molecule has 0 aromatic carbocycles. The molecular weight excluding hydrogens is 203 g/mol. The third-order valence-corrected chi connectivity index (χ3v) is 1.86. The highest BCUT2D eigenvalue weighted by Crippen LogP contribution is 2.27. The van der Waals surface area contributed by atoms with E-state index in [-0.39, 0.29) is 5.38 Å². The van der Waals surface area contributed by atoms with Crippen LogP contribution in [0.1, 0.15) is 18.1 Å². The van der Waals surface area contributed by atoms with Gasteiger partial charge in [0.05, 0.1) is 16.1 Å². The molecule has 0 bridgehead atoms. The summed E-state index contributed by atoms with van der Waals surface area (Å²) in [6.07, 6.45) is 1.61. The number of hydrogen-bond donors (Lipinski definition) is 0. The second kappa shape index (κ2) is 2.76. The first kappa shape index (κ1) is 7.16. The zero-order valence-corrected chi connectivity index (χ0v) is 7.24. The normalized spacial score (nSPS) is 13.7. The molecule has 0 radical (unpaired) electrons. The van der Waals surface area contributed by atoms with Crippen molar-refractivity contribution in [1.82, 2.24) is 0 Å². The van der Waals surface area contributed by atoms with E-state index in [0.717, 1.165) is 10.2 Å². The lowest BCUT2D eigenvalue weighted by Gasteiger charge is -1.95. The summed E-state index contributed by atoms with van der Waals surface area (Å²) in [6.45, 7) is 1.87. The molecule has 0 spiro atoms. The number of furan rings is 1. The van der Waals surface area contributed by atoms with Crippen LogP contribution in [0.15, 0.2) is 21.2 Å². The van der Waals surface area contributed by atoms with Crippen molar-refractivity contribution in [2.24, 2.45) is 0 Å². The fourth-order valence-corrected chi connectivity index (χ4v) is 1.43. The molecule has 1 heterocycles. The second-order valence-electron chi connectivity index (χ2n) is 1.75. The molecule has 0 saturated heterocycles. The van der Waals surface area contributed by atoms with Gasteiger partial charge in [0.1, 0.15) is 5.76 Å². The fraction of sp³-hybridized carbons (Fsp3) is 0.333. The zero-order chi connectivity index (χ0) is 6.85. The van der Waals surface area contributed by atoms with E-state index in [1.54, 1.807) is 6.26 Å². The van der Waals surface area contributed by atoms with E-state index in [1.807, 2.05) is 13.0 Å². The highest BCUT2D eigenvalue weighted by Gasteiger charge is 2.08. The lowest BCUT2D eigenvalue weighted by atomic mass is 10.4. The van der Waals surface area contributed by atoms with Gasteiger partial charge in [-0.3, -0.25) is 0 Å². The molecule has 1 atom stereocenters. The Kier molecular flexibility index (Phi) is 2.19. The van der Waals surface area contributed by atoms with Gasteiger partial charge in [-0.1, -0.05) is 0 Å². The molecule has 0 aliphatic carbocycles. The van der Waals surface area contributed by atoms with Gasteiger partial charge >= 0.3 is 0 Å². The van der Waals surface area contributed by atoms with E-state index in [1.165, 1.54) is 0 Å². The number of hydrogen-bond acceptors (Lipinski definition) is 1. The standard InChI is InChI=1S/C6H6BrClO/c1-4(8)6-5(7)2-3-9-6/h2-4H,1H3. The molecular formula is C6H6BrClO. The van der Waals surface area contributed by atoms with Crippen molar-refractivity contribution in [2.45, 2.75) is 12.3 Å². The van der Waals surface area contributed by atoms with Gasteiger partial charge in [0.15, 0.2) is 0 Å². The summed E-state index contributed by atoms with van der Waals surface area (Å²) in [5, 5.41) is -0.0608. The Morgan fingerprint density at radius 3 is 2.67 bits per heavy atom. The van der Waals surface area contributed by atoms with Crippen LogP contribution in [0.25, 0.3) is 0 Å². The minimum Gasteiger partial charge on any atom is -0.467 e. The Balaban J connectivity index is 2.94. The SMILES string of the molecule is CC(Cl)c1occc1Br. The third kappa shape index (κ3) is 1.49. The van der Waals surface area contributed by atoms with Crippen LogP contribution in [0.3, 0.4) is 0 Å². The topological polar surface area (TPSA) is 13.1 Å². The van der Waals surface area contributed by atoms with Crippen LogP contribution in [0, 0.1) is 0 Å². The molecule has 0 aliphatic heterocycles. The smallest absolute Gasteiger partial charge is 0.135 e. The average molecular weight is 209 g/mol. The lowest BCUT2D eigenvalue weighted by molar-refractivity contribution is 0.508. The third-order valence-electron chi connectivity index (χ3n) is 1.01. The maximum absolute atomic E-state index is 5.73. The Bertz CT molecular complexity index is 195. The Morgan fingerprint density at radius 1 is 1.78 bits per heavy atom. The van der Waals surface area contributed by atoms with Gasteiger partial charge in [0.2, 0.25) is 0 Å². The molecule has 0 aliphatic rings. The van der Waals surface area contributed by atoms with Gasteiger partial charge in [0, 0.05) is 0 Å². The minimum atomic E-state index is -0.0608. The van der Waals surface area contributed by atoms with E-state index >= 15 is 0 Å². The molecule has 0 fully saturated rings. The van der Waals surface area contributed by atoms with Crippen LogP contribution in [0.2, 0.25) is 0 Å². The molecule has 1 nitrogen and oxygen atoms in total. The number of halogens is 2. The summed E-state index contributed by atoms with van der Waals surface area (Å²) in [7, 11) is 0. The second-order valence-corrected chi connectivity index (χ2v) is 3.26. The van der Waals surface area contributed by atoms with Crippen LogP contribution in [0.5, 0.6) is 0 Å². The molecule has 0 N–H and O–H groups in total. The summed E-state index contributed by atoms with van der Waals surface area (Å²) in [6, 6.07) is 1.83. The van der Waals surface area contributed by atoms with Crippen molar-refractivity contribution in [3.63, 3.8) is 0 Å². The van der Waals surface area contributed by atoms with Crippen molar-refractivity contribution in [3.05, 3.63) is 22.6 Å². The molecule has 0 saturated carbocycles. The molecule has 1 aromatic rings. The molecule has 0 amide bonds. The van der Waals surface area contributed by atoms with Gasteiger partial charge in [-0.15, -0.1) is 11.6 Å². The molecule has 1 rings (SSSR count). The van der Waals surface area contributed by atoms with Gasteiger partial charge < -0.3 is 4.42 Å². The quantitative estimate of drug-likeness (QED) is 0.647. The van der Waals surface area contributed by atoms with Crippen LogP contribution in [-0.2, 0) is 0 Å². The van der Waals surface area contributed by atoms with Crippen molar-refractivity contribution in [1.29, 1.82) is 0 Å². The maximum Gasteiger partial charge on any atom is 0.135 e. The fourth-order valence-electron chi connectivity index (χ4n) is 0.589. The van der Waals surface area contributed by atoms with Crippen molar-refractivity contribution in [3.8, 4) is 0 Å². The summed E-state index contributed by atoms with van der Waals surface area (Å²) >= 11 is 9.01. The van der Waals surface area contributed by atoms with Gasteiger partial charge in [-0.2, -0.15) is 0 Å². The van der Waals surface area contributed by atoms with Gasteiger partial charge in [0.25, 0.3) is 0 Å². The van der Waals surface area contributed by atoms with Crippen LogP contribution in [-0.4, -0.2) is 0 Å². The van der Waals surface area contributed by atoms with Crippen LogP contribution in [0.4, 0.5) is 0 Å².